The van der Waals surface area contributed by atoms with Crippen LogP contribution in [0.3, 0.4) is 0 Å². The Morgan fingerprint density at radius 2 is 1.89 bits per heavy atom. The molecule has 0 amide bonds. The van der Waals surface area contributed by atoms with E-state index in [4.69, 9.17) is 9.84 Å². The van der Waals surface area contributed by atoms with Gasteiger partial charge < -0.3 is 20.5 Å². The van der Waals surface area contributed by atoms with E-state index < -0.39 is 4.92 Å². The van der Waals surface area contributed by atoms with Crippen molar-refractivity contribution in [1.29, 1.82) is 10.5 Å². The Morgan fingerprint density at radius 1 is 1.11 bits per heavy atom. The van der Waals surface area contributed by atoms with E-state index in [0.29, 0.717) is 23.7 Å². The van der Waals surface area contributed by atoms with Crippen molar-refractivity contribution in [3.8, 4) is 12.1 Å². The van der Waals surface area contributed by atoms with Gasteiger partial charge in [-0.2, -0.15) is 10.5 Å². The van der Waals surface area contributed by atoms with Gasteiger partial charge in [-0.15, -0.1) is 10.2 Å². The van der Waals surface area contributed by atoms with Crippen molar-refractivity contribution in [1.82, 2.24) is 4.98 Å². The molecule has 0 unspecified atom stereocenters. The van der Waals surface area contributed by atoms with Gasteiger partial charge in [0.25, 0.3) is 5.69 Å². The van der Waals surface area contributed by atoms with Crippen LogP contribution < -0.4 is 10.6 Å². The Kier molecular flexibility index (Phi) is 8.94. The second-order valence-corrected chi connectivity index (χ2v) is 7.29. The third-order valence-electron chi connectivity index (χ3n) is 4.91. The molecule has 0 fully saturated rings. The van der Waals surface area contributed by atoms with Gasteiger partial charge in [0.15, 0.2) is 11.6 Å². The summed E-state index contributed by atoms with van der Waals surface area (Å²) in [5, 5.41) is 53.7. The van der Waals surface area contributed by atoms with E-state index in [9.17, 15) is 20.6 Å². The number of nitro groups is 1. The third kappa shape index (κ3) is 6.36. The number of nitrogens with one attached hydrogen (secondary N) is 2. The van der Waals surface area contributed by atoms with E-state index >= 15 is 0 Å². The molecule has 0 aliphatic carbocycles. The van der Waals surface area contributed by atoms with Gasteiger partial charge in [-0.05, 0) is 25.1 Å². The molecule has 1 aromatic heterocycles. The van der Waals surface area contributed by atoms with E-state index in [2.05, 4.69) is 31.9 Å². The number of nitrogens with zero attached hydrogens (tertiary/aromatic N) is 6. The fourth-order valence-electron chi connectivity index (χ4n) is 3.15. The molecule has 0 saturated carbocycles. The number of aliphatic hydroxyl groups excluding tert-OH is 1. The summed E-state index contributed by atoms with van der Waals surface area (Å²) in [6.07, 6.45) is 0. The summed E-state index contributed by atoms with van der Waals surface area (Å²) in [7, 11) is 0. The lowest BCUT2D eigenvalue weighted by Crippen LogP contribution is -2.13. The first kappa shape index (κ1) is 25.7. The molecule has 0 atom stereocenters. The number of nitriles is 2. The van der Waals surface area contributed by atoms with Crippen LogP contribution in [0.4, 0.5) is 34.4 Å². The molecular weight excluding hydrogens is 464 g/mol. The van der Waals surface area contributed by atoms with Gasteiger partial charge in [-0.3, -0.25) is 10.1 Å². The molecule has 3 N–H and O–H groups in total. The fourth-order valence-corrected chi connectivity index (χ4v) is 3.15. The summed E-state index contributed by atoms with van der Waals surface area (Å²) in [5.74, 6) is 0.619. The molecule has 1 heterocycles. The zero-order valence-electron chi connectivity index (χ0n) is 19.3. The van der Waals surface area contributed by atoms with E-state index in [-0.39, 0.29) is 48.0 Å². The van der Waals surface area contributed by atoms with Crippen molar-refractivity contribution < 1.29 is 14.8 Å². The van der Waals surface area contributed by atoms with Crippen LogP contribution in [0, 0.1) is 39.7 Å². The number of para-hydroxylation sites is 1. The molecule has 3 aromatic rings. The number of ether oxygens (including phenoxy) is 1. The van der Waals surface area contributed by atoms with Crippen LogP contribution in [0.15, 0.2) is 58.8 Å². The lowest BCUT2D eigenvalue weighted by atomic mass is 10.1. The highest BCUT2D eigenvalue weighted by molar-refractivity contribution is 5.76. The normalized spacial score (nSPS) is 10.6. The Balaban J connectivity index is 2.03. The number of azo groups is 1. The molecule has 182 valence electrons. The van der Waals surface area contributed by atoms with Crippen molar-refractivity contribution in [2.24, 2.45) is 10.2 Å². The molecule has 36 heavy (non-hydrogen) atoms. The van der Waals surface area contributed by atoms with Crippen molar-refractivity contribution in [2.45, 2.75) is 6.92 Å². The number of nitro benzene ring substituents is 1. The van der Waals surface area contributed by atoms with Gasteiger partial charge in [-0.25, -0.2) is 4.98 Å². The average Bonchev–Trinajstić information content (AvgIpc) is 2.88. The zero-order valence-corrected chi connectivity index (χ0v) is 19.3. The van der Waals surface area contributed by atoms with E-state index in [1.807, 2.05) is 36.4 Å². The molecule has 3 rings (SSSR count). The number of anilines is 3. The number of aliphatic hydroxyl groups is 1. The minimum atomic E-state index is -0.603. The highest BCUT2D eigenvalue weighted by atomic mass is 16.6. The third-order valence-corrected chi connectivity index (χ3v) is 4.91. The number of pyridine rings is 1. The Labute approximate surface area is 206 Å². The van der Waals surface area contributed by atoms with Crippen LogP contribution in [0.1, 0.15) is 16.7 Å². The highest BCUT2D eigenvalue weighted by Crippen LogP contribution is 2.36. The topological polar surface area (TPSA) is 182 Å². The number of hydrogen-bond acceptors (Lipinski definition) is 11. The smallest absolute Gasteiger partial charge is 0.270 e. The maximum absolute atomic E-state index is 11.0. The molecule has 12 nitrogen and oxygen atoms in total. The predicted molar refractivity (Wildman–Crippen MR) is 132 cm³/mol. The summed E-state index contributed by atoms with van der Waals surface area (Å²) in [5.41, 5.74) is 1.59. The molecule has 0 aliphatic rings. The highest BCUT2D eigenvalue weighted by Gasteiger charge is 2.18. The van der Waals surface area contributed by atoms with Crippen LogP contribution in [0.2, 0.25) is 0 Å². The maximum Gasteiger partial charge on any atom is 0.270 e. The van der Waals surface area contributed by atoms with Crippen molar-refractivity contribution >= 4 is 34.4 Å². The number of aromatic nitrogens is 1. The van der Waals surface area contributed by atoms with Crippen LogP contribution >= 0.6 is 0 Å². The minimum Gasteiger partial charge on any atom is -0.394 e. The van der Waals surface area contributed by atoms with Gasteiger partial charge in [-0.1, -0.05) is 18.2 Å². The van der Waals surface area contributed by atoms with Gasteiger partial charge in [0.1, 0.15) is 23.5 Å². The lowest BCUT2D eigenvalue weighted by Gasteiger charge is -2.15. The number of benzene rings is 2. The van der Waals surface area contributed by atoms with Crippen molar-refractivity contribution in [2.75, 3.05) is 37.0 Å². The van der Waals surface area contributed by atoms with E-state index in [1.165, 1.54) is 12.1 Å². The summed E-state index contributed by atoms with van der Waals surface area (Å²) in [6.45, 7) is 2.38. The van der Waals surface area contributed by atoms with Gasteiger partial charge in [0, 0.05) is 29.9 Å². The maximum atomic E-state index is 11.0. The predicted octanol–water partition coefficient (Wildman–Crippen LogP) is 4.62. The SMILES string of the molecule is Cc1c(C#N)c(Nc2ccccc2)nc(NCCOCCO)c1N=Nc1ccc([N+](=O)[O-])cc1C#N. The standard InChI is InChI=1S/C24H22N8O4/c1-16-20(15-26)23(28-18-5-3-2-4-6-18)29-24(27-9-11-36-12-10-33)22(16)31-30-21-8-7-19(32(34)35)13-17(21)14-25/h2-8,13,33H,9-12H2,1H3,(H2,27,28,29). The summed E-state index contributed by atoms with van der Waals surface area (Å²) in [4.78, 5) is 15.0. The summed E-state index contributed by atoms with van der Waals surface area (Å²) < 4.78 is 5.28. The number of rotatable bonds is 11. The van der Waals surface area contributed by atoms with E-state index in [1.54, 1.807) is 6.92 Å². The van der Waals surface area contributed by atoms with Crippen LogP contribution in [-0.4, -0.2) is 41.4 Å². The molecule has 0 saturated heterocycles. The number of non-ortho nitro benzene ring substituents is 1. The Morgan fingerprint density at radius 3 is 2.56 bits per heavy atom. The monoisotopic (exact) mass is 486 g/mol. The van der Waals surface area contributed by atoms with Crippen LogP contribution in [-0.2, 0) is 4.74 Å². The molecule has 0 spiro atoms. The first-order valence-electron chi connectivity index (χ1n) is 10.8. The van der Waals surface area contributed by atoms with Crippen LogP contribution in [0.5, 0.6) is 0 Å². The van der Waals surface area contributed by atoms with Crippen molar-refractivity contribution in [3.05, 3.63) is 75.3 Å². The Bertz CT molecular complexity index is 1350. The van der Waals surface area contributed by atoms with Crippen LogP contribution in [0.25, 0.3) is 0 Å². The lowest BCUT2D eigenvalue weighted by molar-refractivity contribution is -0.384. The molecule has 12 heteroatoms. The van der Waals surface area contributed by atoms with Gasteiger partial charge in [0.2, 0.25) is 0 Å². The average molecular weight is 486 g/mol. The Hall–Kier alpha value is -4.91. The minimum absolute atomic E-state index is 0.0201. The number of hydrogen-bond donors (Lipinski definition) is 3. The second kappa shape index (κ2) is 12.5. The first-order valence-corrected chi connectivity index (χ1v) is 10.8. The first-order chi connectivity index (χ1) is 17.5. The molecule has 0 radical (unpaired) electrons. The zero-order chi connectivity index (χ0) is 25.9. The molecule has 0 aliphatic heterocycles. The fraction of sp³-hybridized carbons (Fsp3) is 0.208. The van der Waals surface area contributed by atoms with Gasteiger partial charge >= 0.3 is 0 Å². The summed E-state index contributed by atoms with van der Waals surface area (Å²) >= 11 is 0. The summed E-state index contributed by atoms with van der Waals surface area (Å²) in [6, 6.07) is 16.9. The molecule has 0 bridgehead atoms. The second-order valence-electron chi connectivity index (χ2n) is 7.29. The van der Waals surface area contributed by atoms with E-state index in [0.717, 1.165) is 11.8 Å². The molecular formula is C24H22N8O4. The van der Waals surface area contributed by atoms with Crippen molar-refractivity contribution in [3.63, 3.8) is 0 Å². The quantitative estimate of drug-likeness (QED) is 0.151. The van der Waals surface area contributed by atoms with Gasteiger partial charge in [0.05, 0.1) is 35.9 Å². The molecule has 2 aromatic carbocycles. The largest absolute Gasteiger partial charge is 0.394 e.